The molecule has 0 heterocycles. The molecule has 2 rings (SSSR count). The fourth-order valence-electron chi connectivity index (χ4n) is 1.96. The molecule has 0 saturated heterocycles. The Labute approximate surface area is 103 Å². The number of hydrogen-bond donors (Lipinski definition) is 1. The molecule has 94 valence electrons. The first-order chi connectivity index (χ1) is 7.96. The van der Waals surface area contributed by atoms with Gasteiger partial charge in [0.2, 0.25) is 0 Å². The molecule has 0 aliphatic heterocycles. The van der Waals surface area contributed by atoms with Gasteiger partial charge in [0, 0.05) is 10.9 Å². The third-order valence-corrected chi connectivity index (χ3v) is 3.90. The monoisotopic (exact) mass is 261 g/mol. The molecule has 0 unspecified atom stereocenters. The van der Waals surface area contributed by atoms with Gasteiger partial charge in [-0.25, -0.2) is 0 Å². The van der Waals surface area contributed by atoms with Gasteiger partial charge in [0.25, 0.3) is 0 Å². The normalized spacial score (nSPS) is 18.8. The molecule has 1 aromatic rings. The number of thioether (sulfide) groups is 1. The standard InChI is InChI=1S/C12H14F3NS/c13-12(14,15)17-10-6-4-9(5-7-10)11(16)8-2-1-3-8/h4-8,11H,1-3,16H2/t11-/m1/s1. The smallest absolute Gasteiger partial charge is 0.324 e. The molecule has 0 spiro atoms. The summed E-state index contributed by atoms with van der Waals surface area (Å²) >= 11 is -0.0915. The van der Waals surface area contributed by atoms with Crippen molar-refractivity contribution in [3.8, 4) is 0 Å². The van der Waals surface area contributed by atoms with Gasteiger partial charge in [-0.1, -0.05) is 18.6 Å². The predicted molar refractivity (Wildman–Crippen MR) is 62.6 cm³/mol. The van der Waals surface area contributed by atoms with E-state index in [0.29, 0.717) is 5.92 Å². The fraction of sp³-hybridized carbons (Fsp3) is 0.500. The highest BCUT2D eigenvalue weighted by atomic mass is 32.2. The first kappa shape index (κ1) is 12.8. The van der Waals surface area contributed by atoms with Crippen molar-refractivity contribution in [1.82, 2.24) is 0 Å². The number of hydrogen-bond acceptors (Lipinski definition) is 2. The minimum Gasteiger partial charge on any atom is -0.324 e. The molecular weight excluding hydrogens is 247 g/mol. The molecule has 2 N–H and O–H groups in total. The minimum absolute atomic E-state index is 0.0336. The molecule has 1 atom stereocenters. The van der Waals surface area contributed by atoms with Crippen LogP contribution in [0.15, 0.2) is 29.2 Å². The third-order valence-electron chi connectivity index (χ3n) is 3.16. The molecule has 1 aliphatic rings. The van der Waals surface area contributed by atoms with Gasteiger partial charge in [0.1, 0.15) is 0 Å². The van der Waals surface area contributed by atoms with Crippen LogP contribution in [0.4, 0.5) is 13.2 Å². The van der Waals surface area contributed by atoms with Crippen LogP contribution in [-0.4, -0.2) is 5.51 Å². The Morgan fingerprint density at radius 2 is 1.76 bits per heavy atom. The van der Waals surface area contributed by atoms with Crippen molar-refractivity contribution < 1.29 is 13.2 Å². The third kappa shape index (κ3) is 3.39. The van der Waals surface area contributed by atoms with Crippen LogP contribution < -0.4 is 5.73 Å². The van der Waals surface area contributed by atoms with E-state index in [0.717, 1.165) is 18.4 Å². The lowest BCUT2D eigenvalue weighted by Crippen LogP contribution is -2.26. The van der Waals surface area contributed by atoms with E-state index >= 15 is 0 Å². The maximum atomic E-state index is 12.1. The zero-order valence-electron chi connectivity index (χ0n) is 9.20. The van der Waals surface area contributed by atoms with Crippen LogP contribution in [0.2, 0.25) is 0 Å². The van der Waals surface area contributed by atoms with E-state index in [2.05, 4.69) is 0 Å². The van der Waals surface area contributed by atoms with Gasteiger partial charge in [0.15, 0.2) is 0 Å². The average Bonchev–Trinajstić information content (AvgIpc) is 2.13. The lowest BCUT2D eigenvalue weighted by molar-refractivity contribution is -0.0328. The number of rotatable bonds is 3. The van der Waals surface area contributed by atoms with Crippen molar-refractivity contribution in [3.63, 3.8) is 0 Å². The maximum absolute atomic E-state index is 12.1. The van der Waals surface area contributed by atoms with Gasteiger partial charge in [-0.3, -0.25) is 0 Å². The Hall–Kier alpha value is -0.680. The second-order valence-corrected chi connectivity index (χ2v) is 5.47. The average molecular weight is 261 g/mol. The minimum atomic E-state index is -4.22. The van der Waals surface area contributed by atoms with Crippen molar-refractivity contribution in [1.29, 1.82) is 0 Å². The molecule has 1 fully saturated rings. The van der Waals surface area contributed by atoms with Crippen LogP contribution in [0.25, 0.3) is 0 Å². The van der Waals surface area contributed by atoms with Gasteiger partial charge in [-0.2, -0.15) is 13.2 Å². The van der Waals surface area contributed by atoms with Crippen LogP contribution in [0, 0.1) is 5.92 Å². The van der Waals surface area contributed by atoms with Crippen LogP contribution in [0.3, 0.4) is 0 Å². The molecule has 1 saturated carbocycles. The lowest BCUT2D eigenvalue weighted by Gasteiger charge is -2.31. The Kier molecular flexibility index (Phi) is 3.68. The molecule has 17 heavy (non-hydrogen) atoms. The van der Waals surface area contributed by atoms with E-state index in [1.807, 2.05) is 0 Å². The van der Waals surface area contributed by atoms with Gasteiger partial charge in [0.05, 0.1) is 0 Å². The van der Waals surface area contributed by atoms with Crippen LogP contribution >= 0.6 is 11.8 Å². The van der Waals surface area contributed by atoms with Crippen LogP contribution in [0.1, 0.15) is 30.9 Å². The Morgan fingerprint density at radius 3 is 2.18 bits per heavy atom. The molecule has 1 aliphatic carbocycles. The molecule has 0 amide bonds. The lowest BCUT2D eigenvalue weighted by atomic mass is 9.78. The summed E-state index contributed by atoms with van der Waals surface area (Å²) in [6.45, 7) is 0. The Balaban J connectivity index is 2.02. The number of nitrogens with two attached hydrogens (primary N) is 1. The summed E-state index contributed by atoms with van der Waals surface area (Å²) in [6.07, 6.45) is 3.46. The summed E-state index contributed by atoms with van der Waals surface area (Å²) in [5, 5.41) is 0. The molecule has 5 heteroatoms. The second-order valence-electron chi connectivity index (χ2n) is 4.33. The number of alkyl halides is 3. The topological polar surface area (TPSA) is 26.0 Å². The molecule has 1 nitrogen and oxygen atoms in total. The molecule has 0 aromatic heterocycles. The highest BCUT2D eigenvalue weighted by Gasteiger charge is 2.29. The zero-order chi connectivity index (χ0) is 12.5. The first-order valence-electron chi connectivity index (χ1n) is 5.57. The fourth-order valence-corrected chi connectivity index (χ4v) is 2.50. The van der Waals surface area contributed by atoms with E-state index in [9.17, 15) is 13.2 Å². The Morgan fingerprint density at radius 1 is 1.18 bits per heavy atom. The molecule has 0 radical (unpaired) electrons. The molecule has 1 aromatic carbocycles. The quantitative estimate of drug-likeness (QED) is 0.829. The number of halogens is 3. The van der Waals surface area contributed by atoms with Gasteiger partial charge < -0.3 is 5.73 Å². The van der Waals surface area contributed by atoms with Crippen molar-refractivity contribution in [3.05, 3.63) is 29.8 Å². The van der Waals surface area contributed by atoms with E-state index in [-0.39, 0.29) is 22.7 Å². The van der Waals surface area contributed by atoms with Crippen molar-refractivity contribution in [2.75, 3.05) is 0 Å². The summed E-state index contributed by atoms with van der Waals surface area (Å²) < 4.78 is 36.4. The number of benzene rings is 1. The second kappa shape index (κ2) is 4.90. The van der Waals surface area contributed by atoms with E-state index in [4.69, 9.17) is 5.73 Å². The summed E-state index contributed by atoms with van der Waals surface area (Å²) in [6, 6.07) is 6.36. The Bertz CT molecular complexity index is 370. The maximum Gasteiger partial charge on any atom is 0.446 e. The highest BCUT2D eigenvalue weighted by molar-refractivity contribution is 8.00. The highest BCUT2D eigenvalue weighted by Crippen LogP contribution is 2.39. The predicted octanol–water partition coefficient (Wildman–Crippen LogP) is 4.10. The van der Waals surface area contributed by atoms with E-state index in [1.165, 1.54) is 18.6 Å². The molecule has 0 bridgehead atoms. The van der Waals surface area contributed by atoms with Crippen molar-refractivity contribution in [2.24, 2.45) is 11.7 Å². The van der Waals surface area contributed by atoms with E-state index < -0.39 is 5.51 Å². The summed E-state index contributed by atoms with van der Waals surface area (Å²) in [4.78, 5) is 0.210. The van der Waals surface area contributed by atoms with Gasteiger partial charge >= 0.3 is 5.51 Å². The summed E-state index contributed by atoms with van der Waals surface area (Å²) in [5.74, 6) is 0.496. The van der Waals surface area contributed by atoms with Crippen LogP contribution in [0.5, 0.6) is 0 Å². The van der Waals surface area contributed by atoms with Crippen molar-refractivity contribution >= 4 is 11.8 Å². The van der Waals surface area contributed by atoms with Gasteiger partial charge in [-0.05, 0) is 48.2 Å². The zero-order valence-corrected chi connectivity index (χ0v) is 10.0. The largest absolute Gasteiger partial charge is 0.446 e. The van der Waals surface area contributed by atoms with E-state index in [1.54, 1.807) is 12.1 Å². The SMILES string of the molecule is N[C@@H](c1ccc(SC(F)(F)F)cc1)C1CCC1. The first-order valence-corrected chi connectivity index (χ1v) is 6.38. The van der Waals surface area contributed by atoms with Crippen LogP contribution in [-0.2, 0) is 0 Å². The summed E-state index contributed by atoms with van der Waals surface area (Å²) in [5.41, 5.74) is 2.76. The molecular formula is C12H14F3NS. The van der Waals surface area contributed by atoms with Crippen molar-refractivity contribution in [2.45, 2.75) is 35.7 Å². The summed E-state index contributed by atoms with van der Waals surface area (Å²) in [7, 11) is 0. The van der Waals surface area contributed by atoms with Gasteiger partial charge in [-0.15, -0.1) is 0 Å².